The van der Waals surface area contributed by atoms with Crippen LogP contribution in [0.1, 0.15) is 60.3 Å². The third kappa shape index (κ3) is 7.90. The number of nitrogens with zero attached hydrogens (tertiary/aromatic N) is 1. The molecule has 0 spiro atoms. The van der Waals surface area contributed by atoms with Gasteiger partial charge in [-0.1, -0.05) is 50.7 Å². The minimum atomic E-state index is 0.521. The molecule has 18 heavy (non-hydrogen) atoms. The second kappa shape index (κ2) is 9.71. The van der Waals surface area contributed by atoms with Crippen molar-refractivity contribution in [2.75, 3.05) is 0 Å². The summed E-state index contributed by atoms with van der Waals surface area (Å²) in [5.74, 6) is 7.20. The zero-order valence-corrected chi connectivity index (χ0v) is 12.6. The van der Waals surface area contributed by atoms with Crippen molar-refractivity contribution in [3.05, 3.63) is 23.4 Å². The van der Waals surface area contributed by atoms with E-state index in [-0.39, 0.29) is 0 Å². The molecule has 0 fully saturated rings. The van der Waals surface area contributed by atoms with E-state index in [0.717, 1.165) is 11.3 Å². The standard InChI is InChI=1S/C17H27N/c1-7-9-16(10-8-2)11-12-17(14(3)4)13-18-15(5)6/h13,16H,5,7-10H2,1-4,6H3. The van der Waals surface area contributed by atoms with Gasteiger partial charge in [0.1, 0.15) is 0 Å². The fourth-order valence-electron chi connectivity index (χ4n) is 1.63. The van der Waals surface area contributed by atoms with Gasteiger partial charge in [0.25, 0.3) is 0 Å². The summed E-state index contributed by atoms with van der Waals surface area (Å²) in [7, 11) is 0. The fourth-order valence-corrected chi connectivity index (χ4v) is 1.63. The smallest absolute Gasteiger partial charge is 0.0426 e. The quantitative estimate of drug-likeness (QED) is 0.453. The van der Waals surface area contributed by atoms with Crippen LogP contribution in [0.3, 0.4) is 0 Å². The molecule has 100 valence electrons. The predicted molar refractivity (Wildman–Crippen MR) is 82.8 cm³/mol. The van der Waals surface area contributed by atoms with Crippen molar-refractivity contribution < 1.29 is 0 Å². The molecular formula is C17H27N. The van der Waals surface area contributed by atoms with Gasteiger partial charge in [-0.3, -0.25) is 4.99 Å². The second-order valence-corrected chi connectivity index (χ2v) is 4.95. The molecule has 0 saturated heterocycles. The predicted octanol–water partition coefficient (Wildman–Crippen LogP) is 5.15. The Hall–Kier alpha value is -1.29. The van der Waals surface area contributed by atoms with Gasteiger partial charge < -0.3 is 0 Å². The van der Waals surface area contributed by atoms with Crippen LogP contribution in [0.5, 0.6) is 0 Å². The van der Waals surface area contributed by atoms with Gasteiger partial charge in [-0.2, -0.15) is 0 Å². The average Bonchev–Trinajstić information content (AvgIpc) is 2.28. The minimum Gasteiger partial charge on any atom is -0.261 e. The largest absolute Gasteiger partial charge is 0.261 e. The average molecular weight is 245 g/mol. The maximum absolute atomic E-state index is 4.24. The van der Waals surface area contributed by atoms with E-state index in [2.05, 4.69) is 51.1 Å². The van der Waals surface area contributed by atoms with Crippen molar-refractivity contribution in [2.24, 2.45) is 10.9 Å². The molecule has 0 rings (SSSR count). The van der Waals surface area contributed by atoms with E-state index in [0.29, 0.717) is 5.92 Å². The molecule has 0 aromatic heterocycles. The van der Waals surface area contributed by atoms with Crippen molar-refractivity contribution >= 4 is 6.21 Å². The Bertz CT molecular complexity index is 364. The summed E-state index contributed by atoms with van der Waals surface area (Å²) in [5.41, 5.74) is 3.05. The van der Waals surface area contributed by atoms with Crippen LogP contribution in [0.15, 0.2) is 28.4 Å². The highest BCUT2D eigenvalue weighted by Crippen LogP contribution is 2.12. The first-order chi connectivity index (χ1) is 8.51. The summed E-state index contributed by atoms with van der Waals surface area (Å²) in [6.07, 6.45) is 6.61. The molecule has 0 aromatic carbocycles. The summed E-state index contributed by atoms with van der Waals surface area (Å²) in [4.78, 5) is 4.24. The Morgan fingerprint density at radius 1 is 1.17 bits per heavy atom. The van der Waals surface area contributed by atoms with Crippen LogP contribution in [0, 0.1) is 17.8 Å². The van der Waals surface area contributed by atoms with Gasteiger partial charge in [0.05, 0.1) is 0 Å². The van der Waals surface area contributed by atoms with Crippen LogP contribution in [0.2, 0.25) is 0 Å². The Balaban J connectivity index is 4.88. The molecule has 0 saturated carbocycles. The third-order valence-electron chi connectivity index (χ3n) is 2.64. The number of rotatable bonds is 6. The molecule has 1 nitrogen and oxygen atoms in total. The van der Waals surface area contributed by atoms with Crippen LogP contribution < -0.4 is 0 Å². The number of aliphatic imine (C=N–C) groups is 1. The highest BCUT2D eigenvalue weighted by atomic mass is 14.7. The highest BCUT2D eigenvalue weighted by Gasteiger charge is 2.02. The molecule has 0 aromatic rings. The first-order valence-electron chi connectivity index (χ1n) is 6.89. The molecular weight excluding hydrogens is 218 g/mol. The maximum atomic E-state index is 4.24. The van der Waals surface area contributed by atoms with Gasteiger partial charge in [0.2, 0.25) is 0 Å². The molecule has 0 atom stereocenters. The monoisotopic (exact) mass is 245 g/mol. The Kier molecular flexibility index (Phi) is 9.01. The molecule has 1 heteroatoms. The molecule has 0 radical (unpaired) electrons. The van der Waals surface area contributed by atoms with E-state index in [1.807, 2.05) is 13.1 Å². The molecule has 0 N–H and O–H groups in total. The number of hydrogen-bond acceptors (Lipinski definition) is 1. The SMILES string of the molecule is C=C(C)N=CC(C#CC(CCC)CCC)=C(C)C. The van der Waals surface area contributed by atoms with E-state index in [1.54, 1.807) is 0 Å². The van der Waals surface area contributed by atoms with Gasteiger partial charge >= 0.3 is 0 Å². The van der Waals surface area contributed by atoms with Crippen molar-refractivity contribution in [2.45, 2.75) is 60.3 Å². The Morgan fingerprint density at radius 2 is 1.72 bits per heavy atom. The molecule has 0 aliphatic carbocycles. The summed E-state index contributed by atoms with van der Waals surface area (Å²) >= 11 is 0. The van der Waals surface area contributed by atoms with Gasteiger partial charge in [-0.05, 0) is 33.6 Å². The van der Waals surface area contributed by atoms with Crippen LogP contribution in [-0.4, -0.2) is 6.21 Å². The van der Waals surface area contributed by atoms with Gasteiger partial charge in [-0.15, -0.1) is 0 Å². The lowest BCUT2D eigenvalue weighted by atomic mass is 9.98. The van der Waals surface area contributed by atoms with Crippen molar-refractivity contribution in [3.63, 3.8) is 0 Å². The van der Waals surface area contributed by atoms with Gasteiger partial charge in [0.15, 0.2) is 0 Å². The maximum Gasteiger partial charge on any atom is 0.0426 e. The lowest BCUT2D eigenvalue weighted by molar-refractivity contribution is 0.546. The molecule has 0 aliphatic heterocycles. The molecule has 0 amide bonds. The summed E-state index contributed by atoms with van der Waals surface area (Å²) in [6, 6.07) is 0. The van der Waals surface area contributed by atoms with E-state index in [4.69, 9.17) is 0 Å². The molecule has 0 aliphatic rings. The molecule has 0 bridgehead atoms. The van der Waals surface area contributed by atoms with E-state index >= 15 is 0 Å². The second-order valence-electron chi connectivity index (χ2n) is 4.95. The summed E-state index contributed by atoms with van der Waals surface area (Å²) in [6.45, 7) is 14.2. The topological polar surface area (TPSA) is 12.4 Å². The normalized spacial score (nSPS) is 10.3. The third-order valence-corrected chi connectivity index (χ3v) is 2.64. The molecule has 0 unspecified atom stereocenters. The Labute approximate surface area is 113 Å². The minimum absolute atomic E-state index is 0.521. The van der Waals surface area contributed by atoms with Crippen molar-refractivity contribution in [3.8, 4) is 11.8 Å². The van der Waals surface area contributed by atoms with Crippen molar-refractivity contribution in [1.29, 1.82) is 0 Å². The molecule has 0 heterocycles. The lowest BCUT2D eigenvalue weighted by Gasteiger charge is -2.06. The first kappa shape index (κ1) is 16.7. The summed E-state index contributed by atoms with van der Waals surface area (Å²) in [5, 5.41) is 0. The first-order valence-corrected chi connectivity index (χ1v) is 6.89. The zero-order chi connectivity index (χ0) is 14.0. The van der Waals surface area contributed by atoms with Crippen LogP contribution in [0.4, 0.5) is 0 Å². The summed E-state index contributed by atoms with van der Waals surface area (Å²) < 4.78 is 0. The van der Waals surface area contributed by atoms with E-state index in [1.165, 1.54) is 31.3 Å². The van der Waals surface area contributed by atoms with Crippen LogP contribution >= 0.6 is 0 Å². The van der Waals surface area contributed by atoms with Gasteiger partial charge in [-0.25, -0.2) is 0 Å². The zero-order valence-electron chi connectivity index (χ0n) is 12.6. The number of allylic oxidation sites excluding steroid dienone is 3. The highest BCUT2D eigenvalue weighted by molar-refractivity contribution is 5.86. The van der Waals surface area contributed by atoms with E-state index < -0.39 is 0 Å². The van der Waals surface area contributed by atoms with E-state index in [9.17, 15) is 0 Å². The van der Waals surface area contributed by atoms with Crippen molar-refractivity contribution in [1.82, 2.24) is 0 Å². The number of hydrogen-bond donors (Lipinski definition) is 0. The lowest BCUT2D eigenvalue weighted by Crippen LogP contribution is -1.96. The van der Waals surface area contributed by atoms with Crippen LogP contribution in [-0.2, 0) is 0 Å². The van der Waals surface area contributed by atoms with Gasteiger partial charge in [0, 0.05) is 23.4 Å². The van der Waals surface area contributed by atoms with Crippen LogP contribution in [0.25, 0.3) is 0 Å². The Morgan fingerprint density at radius 3 is 2.11 bits per heavy atom. The fraction of sp³-hybridized carbons (Fsp3) is 0.588.